The molecule has 1 aliphatic heterocycles. The maximum Gasteiger partial charge on any atom is 0.123 e. The van der Waals surface area contributed by atoms with E-state index < -0.39 is 5.60 Å². The lowest BCUT2D eigenvalue weighted by molar-refractivity contribution is 0.0121. The van der Waals surface area contributed by atoms with E-state index in [0.717, 1.165) is 68.1 Å². The van der Waals surface area contributed by atoms with Crippen LogP contribution in [0.25, 0.3) is 0 Å². The third-order valence-corrected chi connectivity index (χ3v) is 7.09. The molecular weight excluding hydrogens is 510 g/mol. The first-order valence-electron chi connectivity index (χ1n) is 12.7. The average molecular weight is 550 g/mol. The zero-order valence-corrected chi connectivity index (χ0v) is 23.3. The van der Waals surface area contributed by atoms with E-state index in [1.807, 2.05) is 61.5 Å². The van der Waals surface area contributed by atoms with Crippen LogP contribution in [-0.4, -0.2) is 49.3 Å². The van der Waals surface area contributed by atoms with Gasteiger partial charge in [-0.1, -0.05) is 55.8 Å². The number of unbranched alkanes of at least 4 members (excludes halogenated alkanes) is 1. The Hall–Kier alpha value is -2.31. The molecule has 1 N–H and O–H groups in total. The first kappa shape index (κ1) is 30.9. The van der Waals surface area contributed by atoms with Gasteiger partial charge in [0.25, 0.3) is 0 Å². The summed E-state index contributed by atoms with van der Waals surface area (Å²) >= 11 is 0. The number of hydrogen-bond donors (Lipinski definition) is 1. The lowest BCUT2D eigenvalue weighted by Gasteiger charge is -2.41. The van der Waals surface area contributed by atoms with Crippen molar-refractivity contribution in [1.29, 1.82) is 0 Å². The molecule has 0 spiro atoms. The zero-order chi connectivity index (χ0) is 24.7. The summed E-state index contributed by atoms with van der Waals surface area (Å²) in [7, 11) is 0. The Kier molecular flexibility index (Phi) is 12.2. The summed E-state index contributed by atoms with van der Waals surface area (Å²) in [4.78, 5) is 4.72. The summed E-state index contributed by atoms with van der Waals surface area (Å²) in [5.74, 6) is 0.542. The van der Waals surface area contributed by atoms with E-state index in [1.165, 1.54) is 12.1 Å². The van der Waals surface area contributed by atoms with Gasteiger partial charge in [-0.05, 0) is 60.9 Å². The largest absolute Gasteiger partial charge is 0.494 e. The van der Waals surface area contributed by atoms with Crippen molar-refractivity contribution in [2.24, 2.45) is 0 Å². The van der Waals surface area contributed by atoms with Crippen LogP contribution in [0.2, 0.25) is 0 Å². The maximum atomic E-state index is 13.3. The molecule has 0 bridgehead atoms. The number of aliphatic hydroxyl groups is 1. The standard InChI is InChI=1S/C30H37FN2O2.2ClH/c1-3-4-22-35-28-16-10-25(11-17-28)30(2,34)29(24-8-6-5-7-9-24)23-32-18-20-33(21-19-32)27-14-12-26(31)13-15-27;;/h5-17,29,34H,3-4,18-23H2,1-2H3;2*1H. The highest BCUT2D eigenvalue weighted by atomic mass is 35.5. The van der Waals surface area contributed by atoms with Gasteiger partial charge in [0.1, 0.15) is 11.6 Å². The minimum atomic E-state index is -1.04. The van der Waals surface area contributed by atoms with E-state index in [2.05, 4.69) is 28.9 Å². The van der Waals surface area contributed by atoms with Crippen molar-refractivity contribution < 1.29 is 14.2 Å². The second kappa shape index (κ2) is 14.6. The Morgan fingerprint density at radius 3 is 2.11 bits per heavy atom. The molecule has 1 saturated heterocycles. The minimum Gasteiger partial charge on any atom is -0.494 e. The second-order valence-corrected chi connectivity index (χ2v) is 9.60. The van der Waals surface area contributed by atoms with Crippen LogP contribution in [0.5, 0.6) is 5.75 Å². The minimum absolute atomic E-state index is 0. The summed E-state index contributed by atoms with van der Waals surface area (Å²) in [6, 6.07) is 24.9. The normalized spacial score (nSPS) is 16.2. The molecule has 37 heavy (non-hydrogen) atoms. The lowest BCUT2D eigenvalue weighted by atomic mass is 9.78. The van der Waals surface area contributed by atoms with E-state index in [1.54, 1.807) is 0 Å². The quantitative estimate of drug-likeness (QED) is 0.287. The van der Waals surface area contributed by atoms with Crippen molar-refractivity contribution in [3.8, 4) is 5.75 Å². The van der Waals surface area contributed by atoms with Crippen LogP contribution in [0.15, 0.2) is 78.9 Å². The van der Waals surface area contributed by atoms with E-state index in [9.17, 15) is 9.50 Å². The number of benzene rings is 3. The van der Waals surface area contributed by atoms with Crippen molar-refractivity contribution in [3.05, 3.63) is 95.8 Å². The molecule has 7 heteroatoms. The molecule has 0 aromatic heterocycles. The highest BCUT2D eigenvalue weighted by Crippen LogP contribution is 2.38. The van der Waals surface area contributed by atoms with Gasteiger partial charge in [0.05, 0.1) is 12.2 Å². The average Bonchev–Trinajstić information content (AvgIpc) is 2.89. The fraction of sp³-hybridized carbons (Fsp3) is 0.400. The first-order valence-corrected chi connectivity index (χ1v) is 12.7. The number of rotatable bonds is 10. The van der Waals surface area contributed by atoms with Crippen molar-refractivity contribution >= 4 is 30.5 Å². The number of ether oxygens (including phenoxy) is 1. The smallest absolute Gasteiger partial charge is 0.123 e. The molecule has 1 fully saturated rings. The first-order chi connectivity index (χ1) is 17.0. The fourth-order valence-corrected chi connectivity index (χ4v) is 4.82. The molecular formula is C30H39Cl2FN2O2. The van der Waals surface area contributed by atoms with Crippen molar-refractivity contribution in [3.63, 3.8) is 0 Å². The predicted molar refractivity (Wildman–Crippen MR) is 155 cm³/mol. The third-order valence-electron chi connectivity index (χ3n) is 7.09. The number of anilines is 1. The van der Waals surface area contributed by atoms with Crippen LogP contribution < -0.4 is 9.64 Å². The number of halogens is 3. The van der Waals surface area contributed by atoms with Crippen LogP contribution >= 0.6 is 24.8 Å². The van der Waals surface area contributed by atoms with Gasteiger partial charge >= 0.3 is 0 Å². The molecule has 0 amide bonds. The van der Waals surface area contributed by atoms with Gasteiger partial charge in [-0.15, -0.1) is 24.8 Å². The number of piperazine rings is 1. The van der Waals surface area contributed by atoms with Gasteiger partial charge in [-0.25, -0.2) is 4.39 Å². The molecule has 2 unspecified atom stereocenters. The molecule has 4 rings (SSSR count). The van der Waals surface area contributed by atoms with E-state index in [0.29, 0.717) is 6.61 Å². The van der Waals surface area contributed by atoms with Gasteiger partial charge < -0.3 is 14.7 Å². The van der Waals surface area contributed by atoms with Gasteiger partial charge in [0.2, 0.25) is 0 Å². The molecule has 3 aromatic rings. The topological polar surface area (TPSA) is 35.9 Å². The molecule has 3 aromatic carbocycles. The van der Waals surface area contributed by atoms with Gasteiger partial charge in [-0.3, -0.25) is 4.90 Å². The Balaban J connectivity index is 0.00000241. The van der Waals surface area contributed by atoms with Crippen LogP contribution in [0.4, 0.5) is 10.1 Å². The summed E-state index contributed by atoms with van der Waals surface area (Å²) in [6.45, 7) is 9.06. The summed E-state index contributed by atoms with van der Waals surface area (Å²) in [5, 5.41) is 11.9. The van der Waals surface area contributed by atoms with E-state index in [4.69, 9.17) is 4.74 Å². The fourth-order valence-electron chi connectivity index (χ4n) is 4.82. The van der Waals surface area contributed by atoms with Gasteiger partial charge in [0.15, 0.2) is 0 Å². The Morgan fingerprint density at radius 1 is 0.892 bits per heavy atom. The van der Waals surface area contributed by atoms with Crippen molar-refractivity contribution in [2.45, 2.75) is 38.2 Å². The third kappa shape index (κ3) is 8.08. The Morgan fingerprint density at radius 2 is 1.51 bits per heavy atom. The number of hydrogen-bond acceptors (Lipinski definition) is 4. The highest BCUT2D eigenvalue weighted by Gasteiger charge is 2.36. The zero-order valence-electron chi connectivity index (χ0n) is 21.7. The van der Waals surface area contributed by atoms with Gasteiger partial charge in [0, 0.05) is 44.3 Å². The lowest BCUT2D eigenvalue weighted by Crippen LogP contribution is -2.49. The van der Waals surface area contributed by atoms with Crippen LogP contribution in [0.3, 0.4) is 0 Å². The summed E-state index contributed by atoms with van der Waals surface area (Å²) in [5.41, 5.74) is 2.02. The monoisotopic (exact) mass is 548 g/mol. The molecule has 4 nitrogen and oxygen atoms in total. The molecule has 0 radical (unpaired) electrons. The molecule has 0 saturated carbocycles. The molecule has 2 atom stereocenters. The van der Waals surface area contributed by atoms with Crippen molar-refractivity contribution in [1.82, 2.24) is 4.90 Å². The Labute approximate surface area is 233 Å². The molecule has 1 aliphatic rings. The van der Waals surface area contributed by atoms with Crippen LogP contribution in [0.1, 0.15) is 43.7 Å². The molecule has 0 aliphatic carbocycles. The SMILES string of the molecule is CCCCOc1ccc(C(C)(O)C(CN2CCN(c3ccc(F)cc3)CC2)c2ccccc2)cc1.Cl.Cl. The number of nitrogens with zero attached hydrogens (tertiary/aromatic N) is 2. The maximum absolute atomic E-state index is 13.3. The molecule has 202 valence electrons. The van der Waals surface area contributed by atoms with Crippen LogP contribution in [-0.2, 0) is 5.60 Å². The van der Waals surface area contributed by atoms with Crippen LogP contribution in [0, 0.1) is 5.82 Å². The van der Waals surface area contributed by atoms with Crippen molar-refractivity contribution in [2.75, 3.05) is 44.2 Å². The summed E-state index contributed by atoms with van der Waals surface area (Å²) in [6.07, 6.45) is 2.13. The summed E-state index contributed by atoms with van der Waals surface area (Å²) < 4.78 is 19.1. The van der Waals surface area contributed by atoms with E-state index in [-0.39, 0.29) is 36.5 Å². The predicted octanol–water partition coefficient (Wildman–Crippen LogP) is 6.66. The second-order valence-electron chi connectivity index (χ2n) is 9.60. The highest BCUT2D eigenvalue weighted by molar-refractivity contribution is 5.85. The molecule has 1 heterocycles. The Bertz CT molecular complexity index is 1040. The van der Waals surface area contributed by atoms with E-state index >= 15 is 0 Å². The van der Waals surface area contributed by atoms with Gasteiger partial charge in [-0.2, -0.15) is 0 Å².